The van der Waals surface area contributed by atoms with Crippen molar-refractivity contribution in [1.29, 1.82) is 0 Å². The number of nitrogens with zero attached hydrogens (tertiary/aromatic N) is 3. The maximum Gasteiger partial charge on any atom is 0.225 e. The van der Waals surface area contributed by atoms with Crippen molar-refractivity contribution in [3.8, 4) is 11.4 Å². The molecule has 0 atom stereocenters. The molecule has 0 aliphatic rings. The molecule has 0 radical (unpaired) electrons. The van der Waals surface area contributed by atoms with Gasteiger partial charge in [-0.25, -0.2) is 0 Å². The van der Waals surface area contributed by atoms with Crippen LogP contribution in [0.1, 0.15) is 5.56 Å². The van der Waals surface area contributed by atoms with Gasteiger partial charge in [0.15, 0.2) is 5.82 Å². The van der Waals surface area contributed by atoms with Crippen LogP contribution in [0.4, 0.5) is 11.9 Å². The molecular weight excluding hydrogens is 270 g/mol. The maximum absolute atomic E-state index is 5.53. The monoisotopic (exact) mass is 279 g/mol. The molecule has 4 N–H and O–H groups in total. The van der Waals surface area contributed by atoms with E-state index < -0.39 is 0 Å². The summed E-state index contributed by atoms with van der Waals surface area (Å²) in [6, 6.07) is 5.84. The van der Waals surface area contributed by atoms with Gasteiger partial charge in [0, 0.05) is 10.0 Å². The van der Waals surface area contributed by atoms with E-state index >= 15 is 0 Å². The zero-order valence-corrected chi connectivity index (χ0v) is 10.2. The molecule has 0 amide bonds. The van der Waals surface area contributed by atoms with Crippen molar-refractivity contribution in [2.75, 3.05) is 11.5 Å². The van der Waals surface area contributed by atoms with Gasteiger partial charge < -0.3 is 11.5 Å². The van der Waals surface area contributed by atoms with E-state index in [2.05, 4.69) is 30.9 Å². The Bertz CT molecular complexity index is 520. The van der Waals surface area contributed by atoms with Crippen LogP contribution < -0.4 is 11.5 Å². The molecule has 2 rings (SSSR count). The molecule has 1 aromatic carbocycles. The minimum atomic E-state index is 0.127. The van der Waals surface area contributed by atoms with Crippen LogP contribution in [-0.4, -0.2) is 15.0 Å². The van der Waals surface area contributed by atoms with Crippen LogP contribution in [0.3, 0.4) is 0 Å². The highest BCUT2D eigenvalue weighted by molar-refractivity contribution is 9.10. The first-order valence-electron chi connectivity index (χ1n) is 4.60. The van der Waals surface area contributed by atoms with Gasteiger partial charge in [0.25, 0.3) is 0 Å². The number of rotatable bonds is 1. The van der Waals surface area contributed by atoms with Crippen molar-refractivity contribution in [3.05, 3.63) is 28.2 Å². The van der Waals surface area contributed by atoms with Crippen molar-refractivity contribution >= 4 is 27.8 Å². The lowest BCUT2D eigenvalue weighted by molar-refractivity contribution is 1.08. The van der Waals surface area contributed by atoms with Gasteiger partial charge in [-0.05, 0) is 24.6 Å². The van der Waals surface area contributed by atoms with Gasteiger partial charge in [-0.3, -0.25) is 0 Å². The standard InChI is InChI=1S/C10H10BrN5/c1-5-2-3-6(11)4-7(5)8-14-9(12)16-10(13)15-8/h2-4H,1H3,(H4,12,13,14,15,16). The molecule has 1 aromatic heterocycles. The number of nitrogens with two attached hydrogens (primary N) is 2. The molecule has 6 heteroatoms. The maximum atomic E-state index is 5.53. The summed E-state index contributed by atoms with van der Waals surface area (Å²) >= 11 is 3.40. The largest absolute Gasteiger partial charge is 0.368 e. The van der Waals surface area contributed by atoms with Crippen molar-refractivity contribution in [2.45, 2.75) is 6.92 Å². The quantitative estimate of drug-likeness (QED) is 0.830. The lowest BCUT2D eigenvalue weighted by Gasteiger charge is -2.06. The van der Waals surface area contributed by atoms with E-state index in [4.69, 9.17) is 11.5 Å². The van der Waals surface area contributed by atoms with E-state index in [9.17, 15) is 0 Å². The topological polar surface area (TPSA) is 90.7 Å². The number of benzene rings is 1. The van der Waals surface area contributed by atoms with E-state index in [1.807, 2.05) is 25.1 Å². The highest BCUT2D eigenvalue weighted by Crippen LogP contribution is 2.24. The average Bonchev–Trinajstić information content (AvgIpc) is 2.20. The van der Waals surface area contributed by atoms with Crippen molar-refractivity contribution in [2.24, 2.45) is 0 Å². The highest BCUT2D eigenvalue weighted by atomic mass is 79.9. The van der Waals surface area contributed by atoms with Gasteiger partial charge in [0.05, 0.1) is 0 Å². The lowest BCUT2D eigenvalue weighted by Crippen LogP contribution is -2.04. The molecule has 0 saturated heterocycles. The minimum Gasteiger partial charge on any atom is -0.368 e. The zero-order chi connectivity index (χ0) is 11.7. The molecule has 5 nitrogen and oxygen atoms in total. The Labute approximate surface area is 101 Å². The van der Waals surface area contributed by atoms with Crippen LogP contribution in [0.25, 0.3) is 11.4 Å². The van der Waals surface area contributed by atoms with Crippen molar-refractivity contribution in [3.63, 3.8) is 0 Å². The highest BCUT2D eigenvalue weighted by Gasteiger charge is 2.08. The van der Waals surface area contributed by atoms with Crippen LogP contribution in [0.2, 0.25) is 0 Å². The smallest absolute Gasteiger partial charge is 0.225 e. The van der Waals surface area contributed by atoms with Crippen molar-refractivity contribution < 1.29 is 0 Å². The van der Waals surface area contributed by atoms with Crippen LogP contribution >= 0.6 is 15.9 Å². The first-order chi connectivity index (χ1) is 7.56. The third-order valence-corrected chi connectivity index (χ3v) is 2.60. The number of anilines is 2. The number of aromatic nitrogens is 3. The number of aryl methyl sites for hydroxylation is 1. The second-order valence-corrected chi connectivity index (χ2v) is 4.25. The fraction of sp³-hybridized carbons (Fsp3) is 0.100. The van der Waals surface area contributed by atoms with E-state index in [1.165, 1.54) is 0 Å². The summed E-state index contributed by atoms with van der Waals surface area (Å²) in [5, 5.41) is 0. The second kappa shape index (κ2) is 4.05. The van der Waals surface area contributed by atoms with Gasteiger partial charge in [-0.15, -0.1) is 0 Å². The average molecular weight is 280 g/mol. The van der Waals surface area contributed by atoms with E-state index in [1.54, 1.807) is 0 Å². The Morgan fingerprint density at radius 1 is 1.06 bits per heavy atom. The van der Waals surface area contributed by atoms with Gasteiger partial charge in [0.2, 0.25) is 11.9 Å². The fourth-order valence-corrected chi connectivity index (χ4v) is 1.73. The summed E-state index contributed by atoms with van der Waals surface area (Å²) < 4.78 is 0.950. The lowest BCUT2D eigenvalue weighted by atomic mass is 10.1. The van der Waals surface area contributed by atoms with Crippen LogP contribution in [0.15, 0.2) is 22.7 Å². The normalized spacial score (nSPS) is 10.4. The Kier molecular flexibility index (Phi) is 2.74. The molecule has 16 heavy (non-hydrogen) atoms. The molecule has 0 spiro atoms. The molecular formula is C10H10BrN5. The summed E-state index contributed by atoms with van der Waals surface area (Å²) in [6.45, 7) is 1.97. The van der Waals surface area contributed by atoms with Gasteiger partial charge in [0.1, 0.15) is 0 Å². The molecule has 1 heterocycles. The third kappa shape index (κ3) is 2.11. The fourth-order valence-electron chi connectivity index (χ4n) is 1.36. The van der Waals surface area contributed by atoms with Gasteiger partial charge in [-0.1, -0.05) is 22.0 Å². The third-order valence-electron chi connectivity index (χ3n) is 2.11. The first kappa shape index (κ1) is 10.8. The van der Waals surface area contributed by atoms with Gasteiger partial charge >= 0.3 is 0 Å². The van der Waals surface area contributed by atoms with Gasteiger partial charge in [-0.2, -0.15) is 15.0 Å². The van der Waals surface area contributed by atoms with Crippen LogP contribution in [-0.2, 0) is 0 Å². The predicted octanol–water partition coefficient (Wildman–Crippen LogP) is 1.77. The van der Waals surface area contributed by atoms with Crippen molar-refractivity contribution in [1.82, 2.24) is 15.0 Å². The van der Waals surface area contributed by atoms with E-state index in [0.29, 0.717) is 5.82 Å². The summed E-state index contributed by atoms with van der Waals surface area (Å²) in [7, 11) is 0. The summed E-state index contributed by atoms with van der Waals surface area (Å²) in [5.41, 5.74) is 13.0. The van der Waals surface area contributed by atoms with Crippen LogP contribution in [0.5, 0.6) is 0 Å². The second-order valence-electron chi connectivity index (χ2n) is 3.33. The number of hydrogen-bond donors (Lipinski definition) is 2. The molecule has 0 saturated carbocycles. The Morgan fingerprint density at radius 2 is 1.69 bits per heavy atom. The summed E-state index contributed by atoms with van der Waals surface area (Å²) in [4.78, 5) is 11.9. The molecule has 2 aromatic rings. The first-order valence-corrected chi connectivity index (χ1v) is 5.39. The number of halogens is 1. The Hall–Kier alpha value is -1.69. The molecule has 0 aliphatic heterocycles. The van der Waals surface area contributed by atoms with Crippen LogP contribution in [0, 0.1) is 6.92 Å². The SMILES string of the molecule is Cc1ccc(Br)cc1-c1nc(N)nc(N)n1. The molecule has 0 unspecified atom stereocenters. The molecule has 0 bridgehead atoms. The Morgan fingerprint density at radius 3 is 2.31 bits per heavy atom. The summed E-state index contributed by atoms with van der Waals surface area (Å²) in [6.07, 6.45) is 0. The minimum absolute atomic E-state index is 0.127. The zero-order valence-electron chi connectivity index (χ0n) is 8.61. The van der Waals surface area contributed by atoms with E-state index in [-0.39, 0.29) is 11.9 Å². The number of hydrogen-bond acceptors (Lipinski definition) is 5. The molecule has 0 fully saturated rings. The van der Waals surface area contributed by atoms with E-state index in [0.717, 1.165) is 15.6 Å². The predicted molar refractivity (Wildman–Crippen MR) is 66.5 cm³/mol. The molecule has 0 aliphatic carbocycles. The molecule has 82 valence electrons. The number of nitrogen functional groups attached to an aromatic ring is 2. The summed E-state index contributed by atoms with van der Waals surface area (Å²) in [5.74, 6) is 0.743. The Balaban J connectivity index is 2.62.